The predicted molar refractivity (Wildman–Crippen MR) is 150 cm³/mol. The quantitative estimate of drug-likeness (QED) is 0.339. The molecule has 0 radical (unpaired) electrons. The molecule has 3 amide bonds. The van der Waals surface area contributed by atoms with Crippen LogP contribution < -0.4 is 15.0 Å². The molecular weight excluding hydrogens is 510 g/mol. The van der Waals surface area contributed by atoms with Crippen molar-refractivity contribution in [1.82, 2.24) is 24.4 Å². The third-order valence-electron chi connectivity index (χ3n) is 6.84. The second-order valence-corrected chi connectivity index (χ2v) is 9.72. The van der Waals surface area contributed by atoms with Crippen molar-refractivity contribution in [3.63, 3.8) is 0 Å². The molecule has 0 aliphatic heterocycles. The molecule has 2 aromatic heterocycles. The molecule has 0 bridgehead atoms. The summed E-state index contributed by atoms with van der Waals surface area (Å²) >= 11 is 0. The molecule has 1 aliphatic rings. The topological polar surface area (TPSA) is 123 Å². The summed E-state index contributed by atoms with van der Waals surface area (Å²) in [5.41, 5.74) is 1.76. The minimum absolute atomic E-state index is 0.0393. The highest BCUT2D eigenvalue weighted by Gasteiger charge is 2.27. The Hall–Kier alpha value is -4.80. The first kappa shape index (κ1) is 26.8. The number of rotatable bonds is 7. The van der Waals surface area contributed by atoms with Crippen molar-refractivity contribution in [1.29, 1.82) is 0 Å². The van der Waals surface area contributed by atoms with Crippen LogP contribution in [0.25, 0.3) is 11.2 Å². The lowest BCUT2D eigenvalue weighted by atomic mass is 9.94. The Kier molecular flexibility index (Phi) is 7.99. The van der Waals surface area contributed by atoms with E-state index in [1.807, 2.05) is 41.3 Å². The van der Waals surface area contributed by atoms with Gasteiger partial charge in [0.2, 0.25) is 17.8 Å². The number of fused-ring (bicyclic) bond motifs is 1. The van der Waals surface area contributed by atoms with Crippen molar-refractivity contribution < 1.29 is 19.1 Å². The summed E-state index contributed by atoms with van der Waals surface area (Å²) in [5, 5.41) is 2.57. The molecule has 11 nitrogen and oxygen atoms in total. The molecule has 0 saturated heterocycles. The molecule has 1 saturated carbocycles. The lowest BCUT2D eigenvalue weighted by molar-refractivity contribution is -0.133. The lowest BCUT2D eigenvalue weighted by Crippen LogP contribution is -2.41. The minimum Gasteiger partial charge on any atom is -0.388 e. The van der Waals surface area contributed by atoms with E-state index in [4.69, 9.17) is 4.74 Å². The van der Waals surface area contributed by atoms with Crippen molar-refractivity contribution in [3.8, 4) is 5.88 Å². The van der Waals surface area contributed by atoms with Crippen LogP contribution in [-0.4, -0.2) is 48.4 Å². The molecule has 206 valence electrons. The number of benzene rings is 2. The fourth-order valence-corrected chi connectivity index (χ4v) is 4.98. The smallest absolute Gasteiger partial charge is 0.388 e. The predicted octanol–water partition coefficient (Wildman–Crippen LogP) is 5.26. The second-order valence-electron chi connectivity index (χ2n) is 9.72. The van der Waals surface area contributed by atoms with E-state index >= 15 is 0 Å². The average molecular weight is 542 g/mol. The zero-order valence-corrected chi connectivity index (χ0v) is 22.5. The summed E-state index contributed by atoms with van der Waals surface area (Å²) in [6.45, 7) is 3.12. The minimum atomic E-state index is -0.715. The van der Waals surface area contributed by atoms with E-state index in [9.17, 15) is 14.4 Å². The van der Waals surface area contributed by atoms with Crippen molar-refractivity contribution >= 4 is 46.4 Å². The lowest BCUT2D eigenvalue weighted by Gasteiger charge is -2.33. The number of hydrogen-bond acceptors (Lipinski definition) is 7. The van der Waals surface area contributed by atoms with Crippen molar-refractivity contribution in [2.45, 2.75) is 58.7 Å². The van der Waals surface area contributed by atoms with Gasteiger partial charge in [0, 0.05) is 19.9 Å². The third-order valence-corrected chi connectivity index (χ3v) is 6.84. The standard InChI is InChI=1S/C29H31N7O4/c1-20(37)31-28-32-26-25(30-18-34(26)19-35(21(2)38)22-12-6-3-7-13-22)27(33-28)40-29(39)36(23-14-8-4-9-15-23)24-16-10-5-11-17-24/h4-5,8-11,14-18,22H,3,6-7,12-13,19H2,1-2H3,(H,31,32,33,37). The van der Waals surface area contributed by atoms with Gasteiger partial charge < -0.3 is 9.64 Å². The number of nitrogens with zero attached hydrogens (tertiary/aromatic N) is 6. The van der Waals surface area contributed by atoms with Gasteiger partial charge in [0.15, 0.2) is 11.2 Å². The highest BCUT2D eigenvalue weighted by molar-refractivity contribution is 5.98. The van der Waals surface area contributed by atoms with Gasteiger partial charge in [-0.05, 0) is 37.1 Å². The Balaban J connectivity index is 1.52. The summed E-state index contributed by atoms with van der Waals surface area (Å²) in [6, 6.07) is 18.3. The normalized spacial score (nSPS) is 13.6. The zero-order valence-electron chi connectivity index (χ0n) is 22.5. The molecule has 40 heavy (non-hydrogen) atoms. The van der Waals surface area contributed by atoms with E-state index < -0.39 is 6.09 Å². The van der Waals surface area contributed by atoms with E-state index in [1.54, 1.807) is 42.1 Å². The van der Waals surface area contributed by atoms with Gasteiger partial charge in [-0.2, -0.15) is 9.97 Å². The molecule has 11 heteroatoms. The van der Waals surface area contributed by atoms with Crippen molar-refractivity contribution in [2.24, 2.45) is 0 Å². The molecule has 0 spiro atoms. The number of anilines is 3. The Bertz CT molecular complexity index is 1460. The number of carbonyl (C=O) groups is 3. The van der Waals surface area contributed by atoms with Gasteiger partial charge in [0.25, 0.3) is 5.88 Å². The summed E-state index contributed by atoms with van der Waals surface area (Å²) < 4.78 is 7.54. The molecule has 4 aromatic rings. The first-order valence-electron chi connectivity index (χ1n) is 13.3. The number of aromatic nitrogens is 4. The molecule has 1 aliphatic carbocycles. The van der Waals surface area contributed by atoms with Crippen LogP contribution in [0.5, 0.6) is 5.88 Å². The molecule has 0 unspecified atom stereocenters. The van der Waals surface area contributed by atoms with Crippen LogP contribution in [-0.2, 0) is 16.3 Å². The maximum atomic E-state index is 13.6. The first-order valence-corrected chi connectivity index (χ1v) is 13.3. The van der Waals surface area contributed by atoms with Crippen LogP contribution in [0, 0.1) is 0 Å². The first-order chi connectivity index (χ1) is 19.4. The number of amides is 3. The number of carbonyl (C=O) groups excluding carboxylic acids is 3. The Morgan fingerprint density at radius 3 is 2.12 bits per heavy atom. The SMILES string of the molecule is CC(=O)Nc1nc(OC(=O)N(c2ccccc2)c2ccccc2)c2ncn(CN(C(C)=O)C3CCCCC3)c2n1. The number of hydrogen-bond donors (Lipinski definition) is 1. The van der Waals surface area contributed by atoms with Crippen LogP contribution in [0.1, 0.15) is 46.0 Å². The fraction of sp³-hybridized carbons (Fsp3) is 0.310. The third kappa shape index (κ3) is 5.93. The van der Waals surface area contributed by atoms with E-state index in [2.05, 4.69) is 20.3 Å². The summed E-state index contributed by atoms with van der Waals surface area (Å²) in [7, 11) is 0. The molecular formula is C29H31N7O4. The number of imidazole rings is 1. The zero-order chi connectivity index (χ0) is 28.1. The largest absolute Gasteiger partial charge is 0.425 e. The van der Waals surface area contributed by atoms with Crippen LogP contribution in [0.3, 0.4) is 0 Å². The van der Waals surface area contributed by atoms with Gasteiger partial charge in [-0.25, -0.2) is 14.7 Å². The summed E-state index contributed by atoms with van der Waals surface area (Å²) in [6.07, 6.45) is 6.03. The molecule has 5 rings (SSSR count). The molecule has 0 atom stereocenters. The van der Waals surface area contributed by atoms with Gasteiger partial charge >= 0.3 is 6.09 Å². The van der Waals surface area contributed by atoms with Crippen LogP contribution in [0.4, 0.5) is 22.1 Å². The summed E-state index contributed by atoms with van der Waals surface area (Å²) in [4.78, 5) is 54.6. The molecule has 1 fully saturated rings. The van der Waals surface area contributed by atoms with Gasteiger partial charge in [-0.1, -0.05) is 55.7 Å². The van der Waals surface area contributed by atoms with Gasteiger partial charge in [0.1, 0.15) is 6.67 Å². The van der Waals surface area contributed by atoms with Crippen LogP contribution in [0.15, 0.2) is 67.0 Å². The molecule has 1 N–H and O–H groups in total. The Morgan fingerprint density at radius 2 is 1.55 bits per heavy atom. The van der Waals surface area contributed by atoms with Crippen LogP contribution in [0.2, 0.25) is 0 Å². The number of para-hydroxylation sites is 2. The highest BCUT2D eigenvalue weighted by Crippen LogP contribution is 2.30. The van der Waals surface area contributed by atoms with Gasteiger partial charge in [0.05, 0.1) is 17.7 Å². The molecule has 2 aromatic carbocycles. The van der Waals surface area contributed by atoms with E-state index in [1.165, 1.54) is 18.2 Å². The highest BCUT2D eigenvalue weighted by atomic mass is 16.6. The van der Waals surface area contributed by atoms with Crippen molar-refractivity contribution in [2.75, 3.05) is 10.2 Å². The van der Waals surface area contributed by atoms with Gasteiger partial charge in [-0.15, -0.1) is 0 Å². The second kappa shape index (κ2) is 11.9. The average Bonchev–Trinajstić information content (AvgIpc) is 3.36. The van der Waals surface area contributed by atoms with Crippen molar-refractivity contribution in [3.05, 3.63) is 67.0 Å². The van der Waals surface area contributed by atoms with E-state index in [0.717, 1.165) is 25.7 Å². The number of ether oxygens (including phenoxy) is 1. The van der Waals surface area contributed by atoms with Gasteiger partial charge in [-0.3, -0.25) is 19.5 Å². The maximum Gasteiger partial charge on any atom is 0.425 e. The Morgan fingerprint density at radius 1 is 0.925 bits per heavy atom. The number of nitrogens with one attached hydrogen (secondary N) is 1. The van der Waals surface area contributed by atoms with E-state index in [0.29, 0.717) is 17.0 Å². The fourth-order valence-electron chi connectivity index (χ4n) is 4.98. The summed E-state index contributed by atoms with van der Waals surface area (Å²) in [5.74, 6) is -0.577. The maximum absolute atomic E-state index is 13.6. The Labute approximate surface area is 231 Å². The van der Waals surface area contributed by atoms with Crippen LogP contribution >= 0.6 is 0 Å². The van der Waals surface area contributed by atoms with E-state index in [-0.39, 0.29) is 41.9 Å². The molecule has 2 heterocycles. The monoisotopic (exact) mass is 541 g/mol.